The van der Waals surface area contributed by atoms with Crippen molar-refractivity contribution in [2.24, 2.45) is 17.6 Å². The normalized spacial score (nSPS) is 30.2. The van der Waals surface area contributed by atoms with Crippen molar-refractivity contribution in [2.75, 3.05) is 0 Å². The molecule has 76 valence electrons. The van der Waals surface area contributed by atoms with Gasteiger partial charge in [-0.05, 0) is 52.4 Å². The maximum Gasteiger partial charge on any atom is 0.132 e. The first-order valence-corrected chi connectivity index (χ1v) is 5.20. The van der Waals surface area contributed by atoms with Gasteiger partial charge in [0.2, 0.25) is 0 Å². The molecule has 0 aromatic carbocycles. The van der Waals surface area contributed by atoms with E-state index in [0.717, 1.165) is 25.7 Å². The van der Waals surface area contributed by atoms with Crippen molar-refractivity contribution < 1.29 is 4.79 Å². The Morgan fingerprint density at radius 1 is 1.23 bits per heavy atom. The Bertz CT molecular complexity index is 185. The third-order valence-corrected chi connectivity index (χ3v) is 3.35. The zero-order valence-electron chi connectivity index (χ0n) is 8.97. The quantitative estimate of drug-likeness (QED) is 0.712. The minimum absolute atomic E-state index is 0.0677. The van der Waals surface area contributed by atoms with E-state index in [2.05, 4.69) is 13.8 Å². The number of carbonyl (C=O) groups is 1. The average molecular weight is 183 g/mol. The first kappa shape index (κ1) is 10.7. The molecule has 1 rings (SSSR count). The molecule has 0 unspecified atom stereocenters. The van der Waals surface area contributed by atoms with E-state index in [1.807, 2.05) is 0 Å². The molecule has 13 heavy (non-hydrogen) atoms. The molecule has 0 aromatic rings. The van der Waals surface area contributed by atoms with Gasteiger partial charge < -0.3 is 5.73 Å². The first-order chi connectivity index (χ1) is 5.91. The fourth-order valence-electron chi connectivity index (χ4n) is 2.24. The van der Waals surface area contributed by atoms with Crippen molar-refractivity contribution in [3.05, 3.63) is 0 Å². The molecule has 0 bridgehead atoms. The van der Waals surface area contributed by atoms with E-state index >= 15 is 0 Å². The first-order valence-electron chi connectivity index (χ1n) is 5.20. The molecule has 1 saturated carbocycles. The maximum absolute atomic E-state index is 11.1. The smallest absolute Gasteiger partial charge is 0.132 e. The molecule has 2 N–H and O–H groups in total. The molecule has 0 amide bonds. The molecule has 2 nitrogen and oxygen atoms in total. The van der Waals surface area contributed by atoms with Gasteiger partial charge in [0, 0.05) is 11.5 Å². The highest BCUT2D eigenvalue weighted by molar-refractivity contribution is 5.78. The summed E-state index contributed by atoms with van der Waals surface area (Å²) in [7, 11) is 0. The zero-order valence-corrected chi connectivity index (χ0v) is 8.97. The van der Waals surface area contributed by atoms with Crippen LogP contribution >= 0.6 is 0 Å². The lowest BCUT2D eigenvalue weighted by molar-refractivity contribution is -0.122. The Hall–Kier alpha value is -0.370. The molecule has 1 fully saturated rings. The Balaban J connectivity index is 2.44. The highest BCUT2D eigenvalue weighted by atomic mass is 16.1. The summed E-state index contributed by atoms with van der Waals surface area (Å²) in [5.74, 6) is 1.27. The van der Waals surface area contributed by atoms with Crippen molar-refractivity contribution in [1.29, 1.82) is 0 Å². The van der Waals surface area contributed by atoms with E-state index in [-0.39, 0.29) is 5.54 Å². The molecule has 1 aliphatic carbocycles. The molecule has 0 saturated heterocycles. The van der Waals surface area contributed by atoms with Crippen molar-refractivity contribution in [1.82, 2.24) is 0 Å². The minimum Gasteiger partial charge on any atom is -0.325 e. The summed E-state index contributed by atoms with van der Waals surface area (Å²) in [4.78, 5) is 11.1. The van der Waals surface area contributed by atoms with Crippen molar-refractivity contribution in [3.63, 3.8) is 0 Å². The Morgan fingerprint density at radius 2 is 1.69 bits per heavy atom. The van der Waals surface area contributed by atoms with Gasteiger partial charge in [-0.1, -0.05) is 0 Å². The number of hydrogen-bond donors (Lipinski definition) is 1. The van der Waals surface area contributed by atoms with E-state index in [1.165, 1.54) is 0 Å². The van der Waals surface area contributed by atoms with E-state index < -0.39 is 0 Å². The lowest BCUT2D eigenvalue weighted by atomic mass is 9.73. The topological polar surface area (TPSA) is 43.1 Å². The number of Topliss-reactive ketones (excluding diaryl/α,β-unsaturated/α-hetero) is 1. The van der Waals surface area contributed by atoms with Crippen LogP contribution in [0.2, 0.25) is 0 Å². The molecule has 0 radical (unpaired) electrons. The van der Waals surface area contributed by atoms with Gasteiger partial charge in [0.15, 0.2) is 0 Å². The lowest BCUT2D eigenvalue weighted by Crippen LogP contribution is -2.43. The predicted molar refractivity (Wildman–Crippen MR) is 54.4 cm³/mol. The number of carbonyl (C=O) groups excluding carboxylic acids is 1. The highest BCUT2D eigenvalue weighted by Gasteiger charge is 2.31. The van der Waals surface area contributed by atoms with Gasteiger partial charge in [-0.2, -0.15) is 0 Å². The third-order valence-electron chi connectivity index (χ3n) is 3.35. The molecule has 0 heterocycles. The second-order valence-corrected chi connectivity index (χ2v) is 4.98. The van der Waals surface area contributed by atoms with Crippen LogP contribution in [-0.4, -0.2) is 11.3 Å². The molecule has 0 spiro atoms. The van der Waals surface area contributed by atoms with Crippen LogP contribution < -0.4 is 5.73 Å². The van der Waals surface area contributed by atoms with Crippen molar-refractivity contribution >= 4 is 5.78 Å². The van der Waals surface area contributed by atoms with Crippen LogP contribution in [0, 0.1) is 11.8 Å². The number of nitrogens with two attached hydrogens (primary N) is 1. The van der Waals surface area contributed by atoms with Gasteiger partial charge in [0.25, 0.3) is 0 Å². The van der Waals surface area contributed by atoms with Crippen LogP contribution in [0.25, 0.3) is 0 Å². The monoisotopic (exact) mass is 183 g/mol. The van der Waals surface area contributed by atoms with Crippen molar-refractivity contribution in [2.45, 2.75) is 52.0 Å². The minimum atomic E-state index is -0.0677. The Labute approximate surface area is 80.9 Å². The molecule has 0 aliphatic heterocycles. The van der Waals surface area contributed by atoms with Gasteiger partial charge in [0.1, 0.15) is 5.78 Å². The molecule has 1 aliphatic rings. The summed E-state index contributed by atoms with van der Waals surface area (Å²) >= 11 is 0. The van der Waals surface area contributed by atoms with Gasteiger partial charge in [-0.3, -0.25) is 4.79 Å². The summed E-state index contributed by atoms with van der Waals surface area (Å²) in [6.07, 6.45) is 4.32. The zero-order chi connectivity index (χ0) is 10.1. The number of rotatable bonds is 2. The standard InChI is InChI=1S/C11H21NO/c1-8(13)9-4-6-10(7-5-9)11(2,3)12/h9-10H,4-7,12H2,1-3H3. The summed E-state index contributed by atoms with van der Waals surface area (Å²) in [5.41, 5.74) is 5.98. The van der Waals surface area contributed by atoms with E-state index in [0.29, 0.717) is 17.6 Å². The predicted octanol–water partition coefficient (Wildman–Crippen LogP) is 2.12. The van der Waals surface area contributed by atoms with Gasteiger partial charge in [-0.15, -0.1) is 0 Å². The summed E-state index contributed by atoms with van der Waals surface area (Å²) in [6.45, 7) is 5.89. The molecular weight excluding hydrogens is 162 g/mol. The fraction of sp³-hybridized carbons (Fsp3) is 0.909. The Kier molecular flexibility index (Phi) is 3.12. The average Bonchev–Trinajstić information content (AvgIpc) is 2.03. The molecular formula is C11H21NO. The van der Waals surface area contributed by atoms with Gasteiger partial charge in [-0.25, -0.2) is 0 Å². The Morgan fingerprint density at radius 3 is 2.00 bits per heavy atom. The molecule has 0 atom stereocenters. The van der Waals surface area contributed by atoms with E-state index in [4.69, 9.17) is 5.73 Å². The van der Waals surface area contributed by atoms with Crippen LogP contribution in [0.5, 0.6) is 0 Å². The highest BCUT2D eigenvalue weighted by Crippen LogP contribution is 2.34. The molecule has 2 heteroatoms. The van der Waals surface area contributed by atoms with E-state index in [9.17, 15) is 4.79 Å². The second-order valence-electron chi connectivity index (χ2n) is 4.98. The van der Waals surface area contributed by atoms with Crippen molar-refractivity contribution in [3.8, 4) is 0 Å². The van der Waals surface area contributed by atoms with Crippen LogP contribution in [0.3, 0.4) is 0 Å². The summed E-state index contributed by atoms with van der Waals surface area (Å²) in [6, 6.07) is 0. The third kappa shape index (κ3) is 2.80. The van der Waals surface area contributed by atoms with Crippen LogP contribution in [0.1, 0.15) is 46.5 Å². The SMILES string of the molecule is CC(=O)C1CCC(C(C)(C)N)CC1. The van der Waals surface area contributed by atoms with Crippen LogP contribution in [0.15, 0.2) is 0 Å². The maximum atomic E-state index is 11.1. The number of ketones is 1. The van der Waals surface area contributed by atoms with Gasteiger partial charge in [0.05, 0.1) is 0 Å². The molecule has 0 aromatic heterocycles. The lowest BCUT2D eigenvalue weighted by Gasteiger charge is -2.36. The van der Waals surface area contributed by atoms with E-state index in [1.54, 1.807) is 6.92 Å². The summed E-state index contributed by atoms with van der Waals surface area (Å²) in [5, 5.41) is 0. The second kappa shape index (κ2) is 3.79. The van der Waals surface area contributed by atoms with Crippen LogP contribution in [-0.2, 0) is 4.79 Å². The number of hydrogen-bond acceptors (Lipinski definition) is 2. The summed E-state index contributed by atoms with van der Waals surface area (Å²) < 4.78 is 0. The van der Waals surface area contributed by atoms with Gasteiger partial charge >= 0.3 is 0 Å². The fourth-order valence-corrected chi connectivity index (χ4v) is 2.24. The van der Waals surface area contributed by atoms with Crippen LogP contribution in [0.4, 0.5) is 0 Å². The largest absolute Gasteiger partial charge is 0.325 e.